The fourth-order valence-electron chi connectivity index (χ4n) is 3.23. The molecule has 1 N–H and O–H groups in total. The first kappa shape index (κ1) is 25.0. The van der Waals surface area contributed by atoms with E-state index >= 15 is 0 Å². The van der Waals surface area contributed by atoms with Crippen LogP contribution in [0.1, 0.15) is 45.6 Å². The largest absolute Gasteiger partial charge is 0.494 e. The van der Waals surface area contributed by atoms with E-state index in [0.29, 0.717) is 35.1 Å². The maximum atomic E-state index is 13.2. The van der Waals surface area contributed by atoms with E-state index in [1.54, 1.807) is 23.1 Å². The van der Waals surface area contributed by atoms with Gasteiger partial charge in [0.1, 0.15) is 11.8 Å². The van der Waals surface area contributed by atoms with E-state index in [1.165, 1.54) is 0 Å². The monoisotopic (exact) mass is 464 g/mol. The lowest BCUT2D eigenvalue weighted by Crippen LogP contribution is -2.50. The minimum Gasteiger partial charge on any atom is -0.494 e. The highest BCUT2D eigenvalue weighted by molar-refractivity contribution is 6.36. The molecule has 168 valence electrons. The average molecular weight is 465 g/mol. The number of hydrogen-bond acceptors (Lipinski definition) is 3. The molecule has 0 aliphatic rings. The third kappa shape index (κ3) is 7.75. The van der Waals surface area contributed by atoms with Crippen LogP contribution in [0.3, 0.4) is 0 Å². The number of carbonyl (C=O) groups is 2. The van der Waals surface area contributed by atoms with Crippen LogP contribution in [0.2, 0.25) is 10.0 Å². The van der Waals surface area contributed by atoms with Gasteiger partial charge in [-0.1, -0.05) is 54.4 Å². The van der Waals surface area contributed by atoms with Gasteiger partial charge in [0.2, 0.25) is 11.8 Å². The second kappa shape index (κ2) is 12.6. The van der Waals surface area contributed by atoms with Crippen molar-refractivity contribution >= 4 is 35.0 Å². The average Bonchev–Trinajstić information content (AvgIpc) is 2.73. The number of para-hydroxylation sites is 1. The summed E-state index contributed by atoms with van der Waals surface area (Å²) in [5, 5.41) is 3.85. The Labute approximate surface area is 194 Å². The van der Waals surface area contributed by atoms with Crippen molar-refractivity contribution in [1.82, 2.24) is 10.2 Å². The molecule has 2 rings (SSSR count). The number of benzene rings is 2. The molecule has 2 aromatic carbocycles. The van der Waals surface area contributed by atoms with Gasteiger partial charge in [-0.3, -0.25) is 9.59 Å². The Kier molecular flexibility index (Phi) is 10.2. The SMILES string of the molecule is CCC(C(=O)NC(C)C)N(Cc1c(Cl)cccc1Cl)C(=O)CCCOc1ccccc1. The Balaban J connectivity index is 2.13. The van der Waals surface area contributed by atoms with Crippen molar-refractivity contribution in [3.8, 4) is 5.75 Å². The predicted molar refractivity (Wildman–Crippen MR) is 126 cm³/mol. The molecule has 0 saturated heterocycles. The summed E-state index contributed by atoms with van der Waals surface area (Å²) in [7, 11) is 0. The maximum Gasteiger partial charge on any atom is 0.243 e. The van der Waals surface area contributed by atoms with Crippen LogP contribution < -0.4 is 10.1 Å². The third-order valence-electron chi connectivity index (χ3n) is 4.75. The van der Waals surface area contributed by atoms with E-state index < -0.39 is 6.04 Å². The van der Waals surface area contributed by atoms with Gasteiger partial charge in [-0.05, 0) is 51.0 Å². The lowest BCUT2D eigenvalue weighted by atomic mass is 10.1. The van der Waals surface area contributed by atoms with Gasteiger partial charge >= 0.3 is 0 Å². The van der Waals surface area contributed by atoms with Crippen LogP contribution in [0.15, 0.2) is 48.5 Å². The van der Waals surface area contributed by atoms with E-state index in [0.717, 1.165) is 5.75 Å². The molecule has 31 heavy (non-hydrogen) atoms. The van der Waals surface area contributed by atoms with Crippen LogP contribution in [0.4, 0.5) is 0 Å². The van der Waals surface area contributed by atoms with E-state index in [4.69, 9.17) is 27.9 Å². The molecule has 5 nitrogen and oxygen atoms in total. The summed E-state index contributed by atoms with van der Waals surface area (Å²) in [6.07, 6.45) is 1.26. The maximum absolute atomic E-state index is 13.2. The first-order valence-electron chi connectivity index (χ1n) is 10.5. The standard InChI is InChI=1S/C24H30Cl2N2O3/c1-4-22(24(30)27-17(2)3)28(16-19-20(25)12-8-13-21(19)26)23(29)14-9-15-31-18-10-6-5-7-11-18/h5-8,10-13,17,22H,4,9,14-16H2,1-3H3,(H,27,30). The van der Waals surface area contributed by atoms with Gasteiger partial charge in [0.05, 0.1) is 6.61 Å². The molecule has 0 spiro atoms. The summed E-state index contributed by atoms with van der Waals surface area (Å²) in [6.45, 7) is 6.25. The van der Waals surface area contributed by atoms with E-state index in [1.807, 2.05) is 51.1 Å². The zero-order chi connectivity index (χ0) is 22.8. The zero-order valence-corrected chi connectivity index (χ0v) is 19.7. The molecule has 0 aliphatic heterocycles. The van der Waals surface area contributed by atoms with Crippen molar-refractivity contribution in [2.45, 2.75) is 58.7 Å². The first-order chi connectivity index (χ1) is 14.8. The van der Waals surface area contributed by atoms with Gasteiger partial charge in [0.15, 0.2) is 0 Å². The third-order valence-corrected chi connectivity index (χ3v) is 5.46. The van der Waals surface area contributed by atoms with Crippen molar-refractivity contribution < 1.29 is 14.3 Å². The number of rotatable bonds is 11. The summed E-state index contributed by atoms with van der Waals surface area (Å²) < 4.78 is 5.69. The van der Waals surface area contributed by atoms with Crippen molar-refractivity contribution in [2.75, 3.05) is 6.61 Å². The Morgan fingerprint density at radius 2 is 1.68 bits per heavy atom. The molecule has 0 aromatic heterocycles. The van der Waals surface area contributed by atoms with Gasteiger partial charge in [-0.25, -0.2) is 0 Å². The second-order valence-corrected chi connectivity index (χ2v) is 8.39. The van der Waals surface area contributed by atoms with Crippen molar-refractivity contribution in [3.05, 3.63) is 64.1 Å². The Bertz CT molecular complexity index is 839. The van der Waals surface area contributed by atoms with Crippen LogP contribution in [-0.4, -0.2) is 35.4 Å². The quantitative estimate of drug-likeness (QED) is 0.447. The predicted octanol–water partition coefficient (Wildman–Crippen LogP) is 5.48. The molecular formula is C24H30Cl2N2O3. The number of amides is 2. The molecule has 0 radical (unpaired) electrons. The molecule has 0 aliphatic carbocycles. The Morgan fingerprint density at radius 3 is 2.26 bits per heavy atom. The van der Waals surface area contributed by atoms with Crippen LogP contribution in [0.25, 0.3) is 0 Å². The highest BCUT2D eigenvalue weighted by atomic mass is 35.5. The number of hydrogen-bond donors (Lipinski definition) is 1. The van der Waals surface area contributed by atoms with Gasteiger partial charge < -0.3 is 15.0 Å². The molecule has 0 bridgehead atoms. The fraction of sp³-hybridized carbons (Fsp3) is 0.417. The molecule has 2 amide bonds. The van der Waals surface area contributed by atoms with Crippen LogP contribution >= 0.6 is 23.2 Å². The minimum absolute atomic E-state index is 0.0262. The first-order valence-corrected chi connectivity index (χ1v) is 11.3. The molecule has 0 saturated carbocycles. The lowest BCUT2D eigenvalue weighted by Gasteiger charge is -2.31. The molecule has 1 atom stereocenters. The smallest absolute Gasteiger partial charge is 0.243 e. The summed E-state index contributed by atoms with van der Waals surface area (Å²) in [5.41, 5.74) is 0.635. The number of ether oxygens (including phenoxy) is 1. The zero-order valence-electron chi connectivity index (χ0n) is 18.2. The van der Waals surface area contributed by atoms with Gasteiger partial charge in [0, 0.05) is 34.6 Å². The molecular weight excluding hydrogens is 435 g/mol. The summed E-state index contributed by atoms with van der Waals surface area (Å²) in [4.78, 5) is 27.6. The Hall–Kier alpha value is -2.24. The van der Waals surface area contributed by atoms with Crippen molar-refractivity contribution in [3.63, 3.8) is 0 Å². The van der Waals surface area contributed by atoms with Crippen LogP contribution in [-0.2, 0) is 16.1 Å². The lowest BCUT2D eigenvalue weighted by molar-refractivity contribution is -0.141. The molecule has 2 aromatic rings. The second-order valence-electron chi connectivity index (χ2n) is 7.57. The van der Waals surface area contributed by atoms with Crippen LogP contribution in [0, 0.1) is 0 Å². The summed E-state index contributed by atoms with van der Waals surface area (Å²) in [6, 6.07) is 14.0. The van der Waals surface area contributed by atoms with Gasteiger partial charge in [-0.2, -0.15) is 0 Å². The van der Waals surface area contributed by atoms with E-state index in [-0.39, 0.29) is 30.8 Å². The van der Waals surface area contributed by atoms with Crippen LogP contribution in [0.5, 0.6) is 5.75 Å². The van der Waals surface area contributed by atoms with Crippen molar-refractivity contribution in [2.24, 2.45) is 0 Å². The summed E-state index contributed by atoms with van der Waals surface area (Å²) in [5.74, 6) is 0.436. The minimum atomic E-state index is -0.614. The number of halogens is 2. The van der Waals surface area contributed by atoms with Crippen molar-refractivity contribution in [1.29, 1.82) is 0 Å². The fourth-order valence-corrected chi connectivity index (χ4v) is 3.74. The van der Waals surface area contributed by atoms with Gasteiger partial charge in [-0.15, -0.1) is 0 Å². The van der Waals surface area contributed by atoms with E-state index in [9.17, 15) is 9.59 Å². The molecule has 0 heterocycles. The summed E-state index contributed by atoms with van der Waals surface area (Å²) >= 11 is 12.7. The van der Waals surface area contributed by atoms with Gasteiger partial charge in [0.25, 0.3) is 0 Å². The normalized spacial score (nSPS) is 11.8. The molecule has 1 unspecified atom stereocenters. The molecule has 0 fully saturated rings. The highest BCUT2D eigenvalue weighted by Gasteiger charge is 2.29. The number of nitrogens with one attached hydrogen (secondary N) is 1. The number of carbonyl (C=O) groups excluding carboxylic acids is 2. The molecule has 7 heteroatoms. The highest BCUT2D eigenvalue weighted by Crippen LogP contribution is 2.27. The topological polar surface area (TPSA) is 58.6 Å². The van der Waals surface area contributed by atoms with E-state index in [2.05, 4.69) is 5.32 Å². The number of nitrogens with zero attached hydrogens (tertiary/aromatic N) is 1. The Morgan fingerprint density at radius 1 is 1.03 bits per heavy atom.